The minimum absolute atomic E-state index is 0.769. The van der Waals surface area contributed by atoms with E-state index in [4.69, 9.17) is 0 Å². The van der Waals surface area contributed by atoms with Crippen LogP contribution < -0.4 is 0 Å². The SMILES string of the molecule is CCCCC1CCC[N+]2=C1c1[nH]c3ccccc3c1CC2. The van der Waals surface area contributed by atoms with Crippen molar-refractivity contribution in [3.63, 3.8) is 0 Å². The van der Waals surface area contributed by atoms with Crippen molar-refractivity contribution in [3.05, 3.63) is 35.5 Å². The summed E-state index contributed by atoms with van der Waals surface area (Å²) in [6.07, 6.45) is 7.97. The summed E-state index contributed by atoms with van der Waals surface area (Å²) in [4.78, 5) is 3.74. The van der Waals surface area contributed by atoms with Gasteiger partial charge >= 0.3 is 0 Å². The van der Waals surface area contributed by atoms with Crippen molar-refractivity contribution in [2.45, 2.75) is 45.4 Å². The number of aromatic nitrogens is 1. The molecule has 0 amide bonds. The van der Waals surface area contributed by atoms with Crippen molar-refractivity contribution in [1.82, 2.24) is 4.98 Å². The van der Waals surface area contributed by atoms with Crippen LogP contribution in [0.4, 0.5) is 0 Å². The second-order valence-electron chi connectivity index (χ2n) is 6.63. The number of fused-ring (bicyclic) bond motifs is 4. The molecule has 1 aromatic heterocycles. The van der Waals surface area contributed by atoms with Gasteiger partial charge in [0.15, 0.2) is 0 Å². The minimum atomic E-state index is 0.769. The van der Waals surface area contributed by atoms with Crippen molar-refractivity contribution in [2.75, 3.05) is 13.1 Å². The molecule has 110 valence electrons. The largest absolute Gasteiger partial charge is 0.350 e. The van der Waals surface area contributed by atoms with Crippen molar-refractivity contribution in [1.29, 1.82) is 0 Å². The zero-order valence-corrected chi connectivity index (χ0v) is 13.0. The maximum Gasteiger partial charge on any atom is 0.203 e. The van der Waals surface area contributed by atoms with Gasteiger partial charge in [-0.3, -0.25) is 0 Å². The molecular weight excluding hydrogens is 256 g/mol. The molecule has 0 bridgehead atoms. The maximum absolute atomic E-state index is 3.74. The number of rotatable bonds is 3. The normalized spacial score (nSPS) is 21.5. The van der Waals surface area contributed by atoms with Crippen LogP contribution in [-0.4, -0.2) is 28.4 Å². The number of para-hydroxylation sites is 1. The van der Waals surface area contributed by atoms with Crippen LogP contribution in [-0.2, 0) is 6.42 Å². The molecule has 2 heteroatoms. The molecule has 1 N–H and O–H groups in total. The van der Waals surface area contributed by atoms with E-state index in [9.17, 15) is 0 Å². The molecule has 1 atom stereocenters. The molecule has 0 saturated carbocycles. The van der Waals surface area contributed by atoms with Crippen LogP contribution in [0.5, 0.6) is 0 Å². The Labute approximate surface area is 126 Å². The molecule has 0 radical (unpaired) electrons. The van der Waals surface area contributed by atoms with Gasteiger partial charge in [0, 0.05) is 29.7 Å². The Balaban J connectivity index is 1.83. The van der Waals surface area contributed by atoms with Gasteiger partial charge < -0.3 is 4.98 Å². The van der Waals surface area contributed by atoms with Crippen molar-refractivity contribution < 1.29 is 4.58 Å². The van der Waals surface area contributed by atoms with E-state index < -0.39 is 0 Å². The lowest BCUT2D eigenvalue weighted by Crippen LogP contribution is -2.39. The molecular formula is C19H25N2+. The fraction of sp³-hybridized carbons (Fsp3) is 0.526. The zero-order valence-electron chi connectivity index (χ0n) is 13.0. The van der Waals surface area contributed by atoms with Crippen LogP contribution in [0.3, 0.4) is 0 Å². The number of nitrogens with zero attached hydrogens (tertiary/aromatic N) is 1. The minimum Gasteiger partial charge on any atom is -0.350 e. The third-order valence-corrected chi connectivity index (χ3v) is 5.32. The molecule has 0 fully saturated rings. The number of nitrogens with one attached hydrogen (secondary N) is 1. The van der Waals surface area contributed by atoms with E-state index in [-0.39, 0.29) is 0 Å². The first-order valence-corrected chi connectivity index (χ1v) is 8.60. The Morgan fingerprint density at radius 2 is 2.14 bits per heavy atom. The van der Waals surface area contributed by atoms with Gasteiger partial charge in [-0.15, -0.1) is 0 Å². The van der Waals surface area contributed by atoms with E-state index in [2.05, 4.69) is 40.7 Å². The first-order chi connectivity index (χ1) is 10.4. The van der Waals surface area contributed by atoms with E-state index in [1.165, 1.54) is 68.2 Å². The third-order valence-electron chi connectivity index (χ3n) is 5.32. The highest BCUT2D eigenvalue weighted by atomic mass is 15.0. The average Bonchev–Trinajstić information content (AvgIpc) is 2.91. The average molecular weight is 281 g/mol. The molecule has 2 aromatic rings. The quantitative estimate of drug-likeness (QED) is 0.816. The van der Waals surface area contributed by atoms with Gasteiger partial charge in [0.1, 0.15) is 18.8 Å². The summed E-state index contributed by atoms with van der Waals surface area (Å²) in [6.45, 7) is 4.78. The monoisotopic (exact) mass is 281 g/mol. The molecule has 0 spiro atoms. The number of hydrogen-bond donors (Lipinski definition) is 1. The molecule has 3 heterocycles. The fourth-order valence-corrected chi connectivity index (χ4v) is 4.30. The van der Waals surface area contributed by atoms with Crippen molar-refractivity contribution in [2.24, 2.45) is 5.92 Å². The predicted octanol–water partition coefficient (Wildman–Crippen LogP) is 4.13. The Bertz CT molecular complexity index is 693. The van der Waals surface area contributed by atoms with E-state index >= 15 is 0 Å². The fourth-order valence-electron chi connectivity index (χ4n) is 4.30. The molecule has 1 aromatic carbocycles. The summed E-state index contributed by atoms with van der Waals surface area (Å²) in [5.41, 5.74) is 5.98. The summed E-state index contributed by atoms with van der Waals surface area (Å²) in [7, 11) is 0. The zero-order chi connectivity index (χ0) is 14.2. The second-order valence-corrected chi connectivity index (χ2v) is 6.63. The Hall–Kier alpha value is -1.57. The summed E-state index contributed by atoms with van der Waals surface area (Å²) in [5.74, 6) is 0.769. The molecule has 2 aliphatic heterocycles. The lowest BCUT2D eigenvalue weighted by molar-refractivity contribution is -0.536. The summed E-state index contributed by atoms with van der Waals surface area (Å²) < 4.78 is 2.67. The molecule has 2 aliphatic rings. The van der Waals surface area contributed by atoms with Crippen molar-refractivity contribution in [3.8, 4) is 0 Å². The topological polar surface area (TPSA) is 18.8 Å². The smallest absolute Gasteiger partial charge is 0.203 e. The van der Waals surface area contributed by atoms with E-state index in [1.54, 1.807) is 11.3 Å². The van der Waals surface area contributed by atoms with Gasteiger partial charge in [0.05, 0.1) is 0 Å². The molecule has 4 rings (SSSR count). The number of unbranched alkanes of at least 4 members (excludes halogenated alkanes) is 1. The Morgan fingerprint density at radius 3 is 3.05 bits per heavy atom. The summed E-state index contributed by atoms with van der Waals surface area (Å²) in [5, 5.41) is 1.44. The standard InChI is InChI=1S/C19H24N2/c1-2-3-7-14-8-6-12-21-13-11-16-15-9-4-5-10-17(15)20-18(16)19(14)21/h4-5,9-10,14H,2-3,6-8,11-13H2,1H3/p+1. The van der Waals surface area contributed by atoms with Crippen LogP contribution in [0.2, 0.25) is 0 Å². The summed E-state index contributed by atoms with van der Waals surface area (Å²) >= 11 is 0. The molecule has 21 heavy (non-hydrogen) atoms. The molecule has 2 nitrogen and oxygen atoms in total. The van der Waals surface area contributed by atoms with Crippen LogP contribution in [0.1, 0.15) is 50.3 Å². The van der Waals surface area contributed by atoms with Gasteiger partial charge in [-0.1, -0.05) is 38.0 Å². The van der Waals surface area contributed by atoms with Crippen LogP contribution in [0, 0.1) is 5.92 Å². The predicted molar refractivity (Wildman–Crippen MR) is 88.4 cm³/mol. The first-order valence-electron chi connectivity index (χ1n) is 8.60. The van der Waals surface area contributed by atoms with Crippen LogP contribution >= 0.6 is 0 Å². The molecule has 1 unspecified atom stereocenters. The van der Waals surface area contributed by atoms with E-state index in [0.29, 0.717) is 0 Å². The maximum atomic E-state index is 3.74. The Kier molecular flexibility index (Phi) is 3.33. The lowest BCUT2D eigenvalue weighted by atomic mass is 9.84. The highest BCUT2D eigenvalue weighted by Crippen LogP contribution is 2.32. The summed E-state index contributed by atoms with van der Waals surface area (Å²) in [6, 6.07) is 8.82. The van der Waals surface area contributed by atoms with E-state index in [1.807, 2.05) is 0 Å². The van der Waals surface area contributed by atoms with Crippen LogP contribution in [0.25, 0.3) is 10.9 Å². The molecule has 0 saturated heterocycles. The van der Waals surface area contributed by atoms with Gasteiger partial charge in [-0.25, -0.2) is 4.58 Å². The third kappa shape index (κ3) is 2.12. The number of hydrogen-bond acceptors (Lipinski definition) is 0. The number of H-pyrrole nitrogens is 1. The highest BCUT2D eigenvalue weighted by Gasteiger charge is 2.36. The van der Waals surface area contributed by atoms with Crippen molar-refractivity contribution >= 4 is 16.6 Å². The second kappa shape index (κ2) is 5.32. The van der Waals surface area contributed by atoms with Gasteiger partial charge in [0.2, 0.25) is 5.71 Å². The van der Waals surface area contributed by atoms with Gasteiger partial charge in [-0.2, -0.15) is 0 Å². The first kappa shape index (κ1) is 13.1. The lowest BCUT2D eigenvalue weighted by Gasteiger charge is -2.26. The highest BCUT2D eigenvalue weighted by molar-refractivity contribution is 6.04. The van der Waals surface area contributed by atoms with Gasteiger partial charge in [-0.05, 0) is 24.5 Å². The number of benzene rings is 1. The van der Waals surface area contributed by atoms with E-state index in [0.717, 1.165) is 5.92 Å². The Morgan fingerprint density at radius 1 is 1.24 bits per heavy atom. The van der Waals surface area contributed by atoms with Crippen LogP contribution in [0.15, 0.2) is 24.3 Å². The van der Waals surface area contributed by atoms with Gasteiger partial charge in [0.25, 0.3) is 0 Å². The molecule has 0 aliphatic carbocycles. The number of aromatic amines is 1.